The molecular weight excluding hydrogens is 212 g/mol. The summed E-state index contributed by atoms with van der Waals surface area (Å²) < 4.78 is 0. The van der Waals surface area contributed by atoms with Crippen molar-refractivity contribution in [3.05, 3.63) is 35.4 Å². The highest BCUT2D eigenvalue weighted by atomic mass is 16.2. The van der Waals surface area contributed by atoms with Crippen molar-refractivity contribution in [3.63, 3.8) is 0 Å². The van der Waals surface area contributed by atoms with Crippen LogP contribution in [0.25, 0.3) is 0 Å². The third kappa shape index (κ3) is 2.16. The number of hydrogen-bond donors (Lipinski definition) is 0. The monoisotopic (exact) mass is 228 g/mol. The molecule has 0 aromatic heterocycles. The molecule has 1 amide bonds. The van der Waals surface area contributed by atoms with E-state index in [1.54, 1.807) is 0 Å². The maximum absolute atomic E-state index is 12.1. The third-order valence-corrected chi connectivity index (χ3v) is 3.35. The maximum Gasteiger partial charge on any atom is 0.254 e. The van der Waals surface area contributed by atoms with Crippen LogP contribution >= 0.6 is 0 Å². The lowest BCUT2D eigenvalue weighted by Crippen LogP contribution is -2.39. The molecule has 1 aliphatic heterocycles. The largest absolute Gasteiger partial charge is 0.338 e. The molecule has 0 aliphatic carbocycles. The molecule has 0 N–H and O–H groups in total. The Morgan fingerprint density at radius 3 is 2.94 bits per heavy atom. The average Bonchev–Trinajstić information content (AvgIpc) is 2.38. The van der Waals surface area contributed by atoms with E-state index in [0.717, 1.165) is 30.6 Å². The minimum absolute atomic E-state index is 0.122. The first-order valence-electron chi connectivity index (χ1n) is 6.03. The lowest BCUT2D eigenvalue weighted by atomic mass is 9.86. The molecule has 3 heteroatoms. The molecule has 0 fully saturated rings. The van der Waals surface area contributed by atoms with Crippen LogP contribution < -0.4 is 0 Å². The van der Waals surface area contributed by atoms with E-state index in [1.807, 2.05) is 36.1 Å². The number of carbonyl (C=O) groups is 1. The van der Waals surface area contributed by atoms with Gasteiger partial charge in [-0.05, 0) is 25.0 Å². The van der Waals surface area contributed by atoms with Crippen molar-refractivity contribution in [2.24, 2.45) is 0 Å². The first-order chi connectivity index (χ1) is 8.27. The summed E-state index contributed by atoms with van der Waals surface area (Å²) in [6.07, 6.45) is 1.38. The molecule has 0 spiro atoms. The van der Waals surface area contributed by atoms with Crippen LogP contribution in [0.15, 0.2) is 24.3 Å². The van der Waals surface area contributed by atoms with E-state index in [4.69, 9.17) is 5.26 Å². The molecule has 0 saturated carbocycles. The molecule has 2 rings (SSSR count). The van der Waals surface area contributed by atoms with Crippen molar-refractivity contribution in [2.75, 3.05) is 13.1 Å². The van der Waals surface area contributed by atoms with Crippen molar-refractivity contribution in [2.45, 2.75) is 25.7 Å². The molecule has 1 aromatic rings. The normalized spacial score (nSPS) is 18.7. The molecule has 1 heterocycles. The van der Waals surface area contributed by atoms with Gasteiger partial charge in [-0.2, -0.15) is 5.26 Å². The van der Waals surface area contributed by atoms with Gasteiger partial charge >= 0.3 is 0 Å². The van der Waals surface area contributed by atoms with Crippen LogP contribution in [0, 0.1) is 11.3 Å². The van der Waals surface area contributed by atoms with Crippen molar-refractivity contribution in [1.82, 2.24) is 4.90 Å². The second-order valence-electron chi connectivity index (χ2n) is 4.32. The molecule has 1 unspecified atom stereocenters. The minimum atomic E-state index is 0.122. The lowest BCUT2D eigenvalue weighted by molar-refractivity contribution is 0.0729. The number of benzene rings is 1. The highest BCUT2D eigenvalue weighted by molar-refractivity contribution is 5.97. The lowest BCUT2D eigenvalue weighted by Gasteiger charge is -2.33. The van der Waals surface area contributed by atoms with Gasteiger partial charge in [0.2, 0.25) is 0 Å². The topological polar surface area (TPSA) is 44.1 Å². The SMILES string of the molecule is CCN1CC(CCC#N)c2ccccc2C1=O. The zero-order chi connectivity index (χ0) is 12.3. The number of amides is 1. The molecule has 88 valence electrons. The van der Waals surface area contributed by atoms with E-state index in [0.29, 0.717) is 12.3 Å². The fourth-order valence-corrected chi connectivity index (χ4v) is 2.42. The molecule has 0 radical (unpaired) electrons. The van der Waals surface area contributed by atoms with Crippen molar-refractivity contribution < 1.29 is 4.79 Å². The van der Waals surface area contributed by atoms with Gasteiger partial charge in [0.05, 0.1) is 6.07 Å². The fourth-order valence-electron chi connectivity index (χ4n) is 2.42. The van der Waals surface area contributed by atoms with Gasteiger partial charge in [-0.3, -0.25) is 4.79 Å². The summed E-state index contributed by atoms with van der Waals surface area (Å²) in [5.74, 6) is 0.430. The predicted molar refractivity (Wildman–Crippen MR) is 65.6 cm³/mol. The second kappa shape index (κ2) is 5.01. The van der Waals surface area contributed by atoms with E-state index < -0.39 is 0 Å². The van der Waals surface area contributed by atoms with Gasteiger partial charge in [-0.25, -0.2) is 0 Å². The summed E-state index contributed by atoms with van der Waals surface area (Å²) in [7, 11) is 0. The summed E-state index contributed by atoms with van der Waals surface area (Å²) in [6.45, 7) is 3.47. The van der Waals surface area contributed by atoms with Gasteiger partial charge in [-0.1, -0.05) is 18.2 Å². The molecule has 1 atom stereocenters. The first-order valence-corrected chi connectivity index (χ1v) is 6.03. The van der Waals surface area contributed by atoms with E-state index in [-0.39, 0.29) is 5.91 Å². The van der Waals surface area contributed by atoms with Gasteiger partial charge in [0.25, 0.3) is 5.91 Å². The number of carbonyl (C=O) groups excluding carboxylic acids is 1. The Kier molecular flexibility index (Phi) is 3.43. The third-order valence-electron chi connectivity index (χ3n) is 3.35. The number of nitriles is 1. The Balaban J connectivity index is 2.33. The molecule has 1 aromatic carbocycles. The van der Waals surface area contributed by atoms with E-state index >= 15 is 0 Å². The van der Waals surface area contributed by atoms with Crippen LogP contribution in [0.5, 0.6) is 0 Å². The van der Waals surface area contributed by atoms with Crippen LogP contribution in [0.1, 0.15) is 41.6 Å². The van der Waals surface area contributed by atoms with E-state index in [9.17, 15) is 4.79 Å². The summed E-state index contributed by atoms with van der Waals surface area (Å²) in [4.78, 5) is 14.0. The number of hydrogen-bond acceptors (Lipinski definition) is 2. The fraction of sp³-hybridized carbons (Fsp3) is 0.429. The molecule has 17 heavy (non-hydrogen) atoms. The quantitative estimate of drug-likeness (QED) is 0.798. The van der Waals surface area contributed by atoms with Crippen LogP contribution in [-0.4, -0.2) is 23.9 Å². The molecule has 0 saturated heterocycles. The van der Waals surface area contributed by atoms with Crippen molar-refractivity contribution >= 4 is 5.91 Å². The Morgan fingerprint density at radius 1 is 1.47 bits per heavy atom. The van der Waals surface area contributed by atoms with Crippen LogP contribution in [0.2, 0.25) is 0 Å². The smallest absolute Gasteiger partial charge is 0.254 e. The highest BCUT2D eigenvalue weighted by Crippen LogP contribution is 2.31. The summed E-state index contributed by atoms with van der Waals surface area (Å²) in [5.41, 5.74) is 1.92. The minimum Gasteiger partial charge on any atom is -0.338 e. The standard InChI is InChI=1S/C14H16N2O/c1-2-16-10-11(6-5-9-15)12-7-3-4-8-13(12)14(16)17/h3-4,7-8,11H,2,5-6,10H2,1H3. The van der Waals surface area contributed by atoms with Crippen LogP contribution in [0.3, 0.4) is 0 Å². The Hall–Kier alpha value is -1.82. The van der Waals surface area contributed by atoms with Crippen LogP contribution in [-0.2, 0) is 0 Å². The number of likely N-dealkylation sites (N-methyl/N-ethyl adjacent to an activating group) is 1. The number of nitrogens with zero attached hydrogens (tertiary/aromatic N) is 2. The van der Waals surface area contributed by atoms with Gasteiger partial charge in [-0.15, -0.1) is 0 Å². The summed E-state index contributed by atoms with van der Waals surface area (Å²) in [6, 6.07) is 9.96. The van der Waals surface area contributed by atoms with Gasteiger partial charge in [0.1, 0.15) is 0 Å². The van der Waals surface area contributed by atoms with Gasteiger partial charge in [0, 0.05) is 31.0 Å². The molecule has 3 nitrogen and oxygen atoms in total. The van der Waals surface area contributed by atoms with E-state index in [2.05, 4.69) is 6.07 Å². The second-order valence-corrected chi connectivity index (χ2v) is 4.32. The van der Waals surface area contributed by atoms with Gasteiger partial charge in [0.15, 0.2) is 0 Å². The summed E-state index contributed by atoms with van der Waals surface area (Å²) in [5, 5.41) is 8.69. The molecule has 1 aliphatic rings. The van der Waals surface area contributed by atoms with Crippen molar-refractivity contribution in [1.29, 1.82) is 5.26 Å². The zero-order valence-electron chi connectivity index (χ0n) is 10.0. The van der Waals surface area contributed by atoms with Gasteiger partial charge < -0.3 is 4.90 Å². The summed E-state index contributed by atoms with van der Waals surface area (Å²) >= 11 is 0. The molecular formula is C14H16N2O. The Bertz CT molecular complexity index is 462. The van der Waals surface area contributed by atoms with E-state index in [1.165, 1.54) is 0 Å². The number of fused-ring (bicyclic) bond motifs is 1. The Labute approximate surface area is 102 Å². The van der Waals surface area contributed by atoms with Crippen LogP contribution in [0.4, 0.5) is 0 Å². The highest BCUT2D eigenvalue weighted by Gasteiger charge is 2.29. The Morgan fingerprint density at radius 2 is 2.24 bits per heavy atom. The molecule has 0 bridgehead atoms. The van der Waals surface area contributed by atoms with Crippen molar-refractivity contribution in [3.8, 4) is 6.07 Å². The number of rotatable bonds is 3. The average molecular weight is 228 g/mol. The zero-order valence-corrected chi connectivity index (χ0v) is 10.0. The predicted octanol–water partition coefficient (Wildman–Crippen LogP) is 2.55. The first kappa shape index (κ1) is 11.7. The maximum atomic E-state index is 12.1.